The maximum atomic E-state index is 13.9. The summed E-state index contributed by atoms with van der Waals surface area (Å²) in [5, 5.41) is 11.6. The lowest BCUT2D eigenvalue weighted by atomic mass is 9.94. The number of ether oxygens (including phenoxy) is 4. The zero-order valence-electron chi connectivity index (χ0n) is 23.4. The number of nitrogens with one attached hydrogen (secondary N) is 2. The van der Waals surface area contributed by atoms with Crippen LogP contribution in [0, 0.1) is 0 Å². The summed E-state index contributed by atoms with van der Waals surface area (Å²) in [4.78, 5) is 18.2. The average Bonchev–Trinajstić information content (AvgIpc) is 3.45. The number of anilines is 2. The van der Waals surface area contributed by atoms with Gasteiger partial charge in [0.2, 0.25) is 5.95 Å². The van der Waals surface area contributed by atoms with Crippen LogP contribution in [0.25, 0.3) is 0 Å². The maximum Gasteiger partial charge on any atom is 0.255 e. The molecule has 42 heavy (non-hydrogen) atoms. The molecule has 3 aromatic carbocycles. The van der Waals surface area contributed by atoms with Crippen LogP contribution in [0.2, 0.25) is 10.0 Å². The van der Waals surface area contributed by atoms with E-state index in [-0.39, 0.29) is 12.5 Å². The fourth-order valence-corrected chi connectivity index (χ4v) is 5.19. The molecule has 0 aliphatic carbocycles. The molecule has 1 amide bonds. The molecular formula is C30H29Cl2N5O5. The van der Waals surface area contributed by atoms with Gasteiger partial charge < -0.3 is 29.6 Å². The Morgan fingerprint density at radius 2 is 1.79 bits per heavy atom. The van der Waals surface area contributed by atoms with Gasteiger partial charge in [0.25, 0.3) is 5.91 Å². The van der Waals surface area contributed by atoms with Gasteiger partial charge in [-0.2, -0.15) is 10.1 Å². The molecule has 0 spiro atoms. The second kappa shape index (κ2) is 12.6. The minimum absolute atomic E-state index is 0.148. The lowest BCUT2D eigenvalue weighted by molar-refractivity contribution is -0.113. The molecule has 0 radical (unpaired) electrons. The van der Waals surface area contributed by atoms with Crippen LogP contribution in [0.4, 0.5) is 11.6 Å². The molecule has 12 heteroatoms. The summed E-state index contributed by atoms with van der Waals surface area (Å²) in [6, 6.07) is 15.3. The first-order chi connectivity index (χ1) is 20.3. The van der Waals surface area contributed by atoms with Crippen LogP contribution in [0.5, 0.6) is 23.0 Å². The van der Waals surface area contributed by atoms with Crippen LogP contribution in [-0.2, 0) is 11.4 Å². The third-order valence-corrected chi connectivity index (χ3v) is 7.42. The first kappa shape index (κ1) is 29.1. The lowest BCUT2D eigenvalue weighted by Crippen LogP contribution is -2.31. The van der Waals surface area contributed by atoms with E-state index in [0.29, 0.717) is 68.1 Å². The number of benzene rings is 3. The average molecular weight is 610 g/mol. The Labute approximate surface area is 253 Å². The number of amides is 1. The monoisotopic (exact) mass is 609 g/mol. The van der Waals surface area contributed by atoms with E-state index in [1.807, 2.05) is 26.0 Å². The molecule has 4 aromatic rings. The van der Waals surface area contributed by atoms with E-state index in [1.54, 1.807) is 54.3 Å². The summed E-state index contributed by atoms with van der Waals surface area (Å²) < 4.78 is 24.5. The smallest absolute Gasteiger partial charge is 0.255 e. The number of aromatic nitrogens is 3. The standard InChI is InChI=1S/C30H29Cl2N5O5/c1-5-41-26-13-18(9-12-24(26)42-15-20-21(31)7-6-8-22(20)32)28-27(17(2)35-30-33-16-34-37(28)30)29(38)36-23-11-10-19(39-3)14-25(23)40-4/h6-14,16,28H,5,15H2,1-4H3,(H,36,38)(H,33,34,35)/t28-/m1/s1. The summed E-state index contributed by atoms with van der Waals surface area (Å²) >= 11 is 12.7. The number of nitrogens with zero attached hydrogens (tertiary/aromatic N) is 3. The highest BCUT2D eigenvalue weighted by Gasteiger charge is 2.34. The molecular weight excluding hydrogens is 581 g/mol. The minimum Gasteiger partial charge on any atom is -0.497 e. The van der Waals surface area contributed by atoms with Crippen molar-refractivity contribution in [2.24, 2.45) is 0 Å². The van der Waals surface area contributed by atoms with Crippen molar-refractivity contribution in [3.05, 3.63) is 93.4 Å². The highest BCUT2D eigenvalue weighted by molar-refractivity contribution is 6.35. The Kier molecular flexibility index (Phi) is 8.75. The molecule has 0 saturated carbocycles. The van der Waals surface area contributed by atoms with Crippen molar-refractivity contribution in [2.45, 2.75) is 26.5 Å². The van der Waals surface area contributed by atoms with Gasteiger partial charge in [0.15, 0.2) is 11.5 Å². The molecule has 218 valence electrons. The van der Waals surface area contributed by atoms with Gasteiger partial charge in [-0.05, 0) is 55.8 Å². The van der Waals surface area contributed by atoms with E-state index in [2.05, 4.69) is 20.7 Å². The van der Waals surface area contributed by atoms with Gasteiger partial charge >= 0.3 is 0 Å². The van der Waals surface area contributed by atoms with Gasteiger partial charge in [-0.3, -0.25) is 4.79 Å². The number of halogens is 2. The largest absolute Gasteiger partial charge is 0.497 e. The lowest BCUT2D eigenvalue weighted by Gasteiger charge is -2.29. The molecule has 2 heterocycles. The van der Waals surface area contributed by atoms with Crippen molar-refractivity contribution in [1.82, 2.24) is 14.8 Å². The van der Waals surface area contributed by atoms with Gasteiger partial charge in [-0.1, -0.05) is 35.3 Å². The van der Waals surface area contributed by atoms with E-state index in [0.717, 1.165) is 5.56 Å². The zero-order valence-corrected chi connectivity index (χ0v) is 24.9. The molecule has 1 aliphatic rings. The zero-order chi connectivity index (χ0) is 29.8. The van der Waals surface area contributed by atoms with Crippen LogP contribution in [0.15, 0.2) is 72.2 Å². The van der Waals surface area contributed by atoms with E-state index in [9.17, 15) is 4.79 Å². The molecule has 0 unspecified atom stereocenters. The molecule has 1 atom stereocenters. The topological polar surface area (TPSA) is 109 Å². The Balaban J connectivity index is 1.50. The van der Waals surface area contributed by atoms with E-state index in [1.165, 1.54) is 13.4 Å². The van der Waals surface area contributed by atoms with Gasteiger partial charge in [-0.25, -0.2) is 4.68 Å². The Morgan fingerprint density at radius 1 is 1.00 bits per heavy atom. The summed E-state index contributed by atoms with van der Waals surface area (Å²) in [6.45, 7) is 4.24. The quantitative estimate of drug-likeness (QED) is 0.209. The molecule has 0 saturated heterocycles. The molecule has 5 rings (SSSR count). The minimum atomic E-state index is -0.626. The Bertz CT molecular complexity index is 1630. The third-order valence-electron chi connectivity index (χ3n) is 6.71. The number of rotatable bonds is 10. The fraction of sp³-hybridized carbons (Fsp3) is 0.233. The van der Waals surface area contributed by atoms with Crippen molar-refractivity contribution in [2.75, 3.05) is 31.5 Å². The van der Waals surface area contributed by atoms with E-state index in [4.69, 9.17) is 42.1 Å². The van der Waals surface area contributed by atoms with Gasteiger partial charge in [-0.15, -0.1) is 0 Å². The first-order valence-corrected chi connectivity index (χ1v) is 13.8. The van der Waals surface area contributed by atoms with Crippen LogP contribution < -0.4 is 29.6 Å². The molecule has 1 aromatic heterocycles. The van der Waals surface area contributed by atoms with Crippen molar-refractivity contribution >= 4 is 40.7 Å². The van der Waals surface area contributed by atoms with Crippen LogP contribution in [0.3, 0.4) is 0 Å². The van der Waals surface area contributed by atoms with E-state index < -0.39 is 6.04 Å². The second-order valence-electron chi connectivity index (χ2n) is 9.24. The number of methoxy groups -OCH3 is 2. The van der Waals surface area contributed by atoms with Crippen molar-refractivity contribution in [3.8, 4) is 23.0 Å². The van der Waals surface area contributed by atoms with Crippen molar-refractivity contribution in [3.63, 3.8) is 0 Å². The number of hydrogen-bond donors (Lipinski definition) is 2. The fourth-order valence-electron chi connectivity index (χ4n) is 4.69. The van der Waals surface area contributed by atoms with E-state index >= 15 is 0 Å². The Morgan fingerprint density at radius 3 is 2.50 bits per heavy atom. The molecule has 10 nitrogen and oxygen atoms in total. The number of carbonyl (C=O) groups is 1. The predicted octanol–water partition coefficient (Wildman–Crippen LogP) is 6.51. The molecule has 1 aliphatic heterocycles. The van der Waals surface area contributed by atoms with Gasteiger partial charge in [0.05, 0.1) is 32.1 Å². The summed E-state index contributed by atoms with van der Waals surface area (Å²) in [6.07, 6.45) is 1.43. The summed E-state index contributed by atoms with van der Waals surface area (Å²) in [5.41, 5.74) is 2.95. The number of hydrogen-bond acceptors (Lipinski definition) is 8. The third kappa shape index (κ3) is 5.81. The number of carbonyl (C=O) groups excluding carboxylic acids is 1. The highest BCUT2D eigenvalue weighted by atomic mass is 35.5. The number of fused-ring (bicyclic) bond motifs is 1. The van der Waals surface area contributed by atoms with Crippen LogP contribution in [-0.4, -0.2) is 41.5 Å². The SMILES string of the molecule is CCOc1cc([C@@H]2C(C(=O)Nc3ccc(OC)cc3OC)=C(C)Nc3ncnn32)ccc1OCc1c(Cl)cccc1Cl. The molecule has 0 fully saturated rings. The van der Waals surface area contributed by atoms with Crippen LogP contribution in [0.1, 0.15) is 31.0 Å². The normalized spacial score (nSPS) is 14.1. The molecule has 0 bridgehead atoms. The number of allylic oxidation sites excluding steroid dienone is 1. The summed E-state index contributed by atoms with van der Waals surface area (Å²) in [7, 11) is 3.09. The van der Waals surface area contributed by atoms with Crippen LogP contribution >= 0.6 is 23.2 Å². The van der Waals surface area contributed by atoms with Gasteiger partial charge in [0, 0.05) is 27.4 Å². The van der Waals surface area contributed by atoms with Crippen molar-refractivity contribution in [1.29, 1.82) is 0 Å². The first-order valence-electron chi connectivity index (χ1n) is 13.1. The molecule has 2 N–H and O–H groups in total. The van der Waals surface area contributed by atoms with Crippen molar-refractivity contribution < 1.29 is 23.7 Å². The van der Waals surface area contributed by atoms with Gasteiger partial charge in [0.1, 0.15) is 30.5 Å². The Hall–Kier alpha value is -4.41. The predicted molar refractivity (Wildman–Crippen MR) is 161 cm³/mol. The maximum absolute atomic E-state index is 13.9. The summed E-state index contributed by atoms with van der Waals surface area (Å²) in [5.74, 6) is 2.21. The highest BCUT2D eigenvalue weighted by Crippen LogP contribution is 2.40. The second-order valence-corrected chi connectivity index (χ2v) is 10.1.